The standard InChI is InChI=1S/C16H14Cl2N4O/c1-10-5-6-13(23-10)9-19-16-21-14(20-15(18)22-16)8-11-3-2-4-12(17)7-11/h2-7H,8-9H2,1H3,(H,19,20,21,22). The van der Waals surface area contributed by atoms with Crippen molar-refractivity contribution in [3.63, 3.8) is 0 Å². The number of aromatic nitrogens is 3. The molecule has 118 valence electrons. The molecule has 0 spiro atoms. The highest BCUT2D eigenvalue weighted by molar-refractivity contribution is 6.30. The molecule has 1 N–H and O–H groups in total. The van der Waals surface area contributed by atoms with Gasteiger partial charge in [0.2, 0.25) is 11.2 Å². The molecule has 0 saturated carbocycles. The van der Waals surface area contributed by atoms with E-state index in [9.17, 15) is 0 Å². The van der Waals surface area contributed by atoms with Gasteiger partial charge in [0.15, 0.2) is 0 Å². The summed E-state index contributed by atoms with van der Waals surface area (Å²) in [6.45, 7) is 2.37. The molecule has 0 unspecified atom stereocenters. The van der Waals surface area contributed by atoms with Crippen LogP contribution in [0.4, 0.5) is 5.95 Å². The highest BCUT2D eigenvalue weighted by Crippen LogP contribution is 2.15. The summed E-state index contributed by atoms with van der Waals surface area (Å²) < 4.78 is 5.49. The average Bonchev–Trinajstić information content (AvgIpc) is 2.90. The quantitative estimate of drug-likeness (QED) is 0.745. The Morgan fingerprint density at radius 2 is 1.96 bits per heavy atom. The first kappa shape index (κ1) is 15.8. The third-order valence-electron chi connectivity index (χ3n) is 3.12. The van der Waals surface area contributed by atoms with E-state index in [1.165, 1.54) is 0 Å². The van der Waals surface area contributed by atoms with E-state index in [1.54, 1.807) is 0 Å². The van der Waals surface area contributed by atoms with Crippen LogP contribution in [0.5, 0.6) is 0 Å². The van der Waals surface area contributed by atoms with Crippen molar-refractivity contribution in [3.8, 4) is 0 Å². The van der Waals surface area contributed by atoms with Crippen LogP contribution in [0.15, 0.2) is 40.8 Å². The lowest BCUT2D eigenvalue weighted by molar-refractivity contribution is 0.490. The van der Waals surface area contributed by atoms with Crippen molar-refractivity contribution >= 4 is 29.2 Å². The Morgan fingerprint density at radius 1 is 1.09 bits per heavy atom. The second kappa shape index (κ2) is 6.98. The van der Waals surface area contributed by atoms with Crippen LogP contribution in [-0.2, 0) is 13.0 Å². The van der Waals surface area contributed by atoms with Crippen molar-refractivity contribution in [2.24, 2.45) is 0 Å². The number of nitrogens with zero attached hydrogens (tertiary/aromatic N) is 3. The van der Waals surface area contributed by atoms with Gasteiger partial charge in [0.1, 0.15) is 17.3 Å². The fraction of sp³-hybridized carbons (Fsp3) is 0.188. The molecule has 0 aliphatic carbocycles. The van der Waals surface area contributed by atoms with Gasteiger partial charge in [-0.2, -0.15) is 9.97 Å². The molecular weight excluding hydrogens is 335 g/mol. The zero-order valence-corrected chi connectivity index (χ0v) is 13.9. The van der Waals surface area contributed by atoms with Gasteiger partial charge in [0, 0.05) is 11.4 Å². The Balaban J connectivity index is 1.73. The molecule has 2 heterocycles. The number of hydrogen-bond donors (Lipinski definition) is 1. The van der Waals surface area contributed by atoms with Gasteiger partial charge in [0.25, 0.3) is 0 Å². The van der Waals surface area contributed by atoms with Crippen molar-refractivity contribution in [1.29, 1.82) is 0 Å². The molecule has 0 saturated heterocycles. The fourth-order valence-corrected chi connectivity index (χ4v) is 2.52. The largest absolute Gasteiger partial charge is 0.465 e. The topological polar surface area (TPSA) is 63.8 Å². The second-order valence-electron chi connectivity index (χ2n) is 5.02. The predicted octanol–water partition coefficient (Wildman–Crippen LogP) is 4.28. The molecular formula is C16H14Cl2N4O. The van der Waals surface area contributed by atoms with E-state index in [-0.39, 0.29) is 5.28 Å². The third-order valence-corrected chi connectivity index (χ3v) is 3.53. The molecule has 0 bridgehead atoms. The smallest absolute Gasteiger partial charge is 0.227 e. The average molecular weight is 349 g/mol. The monoisotopic (exact) mass is 348 g/mol. The van der Waals surface area contributed by atoms with Crippen LogP contribution in [0.25, 0.3) is 0 Å². The maximum atomic E-state index is 5.99. The summed E-state index contributed by atoms with van der Waals surface area (Å²) >= 11 is 12.0. The Hall–Kier alpha value is -2.11. The fourth-order valence-electron chi connectivity index (χ4n) is 2.13. The van der Waals surface area contributed by atoms with Gasteiger partial charge in [-0.1, -0.05) is 23.7 Å². The van der Waals surface area contributed by atoms with Gasteiger partial charge in [0.05, 0.1) is 6.54 Å². The second-order valence-corrected chi connectivity index (χ2v) is 5.79. The summed E-state index contributed by atoms with van der Waals surface area (Å²) in [7, 11) is 0. The van der Waals surface area contributed by atoms with Gasteiger partial charge >= 0.3 is 0 Å². The molecule has 0 aliphatic heterocycles. The number of anilines is 1. The van der Waals surface area contributed by atoms with Crippen LogP contribution in [-0.4, -0.2) is 15.0 Å². The van der Waals surface area contributed by atoms with E-state index >= 15 is 0 Å². The van der Waals surface area contributed by atoms with E-state index in [0.717, 1.165) is 17.1 Å². The molecule has 7 heteroatoms. The summed E-state index contributed by atoms with van der Waals surface area (Å²) in [5, 5.41) is 3.91. The maximum Gasteiger partial charge on any atom is 0.227 e. The molecule has 23 heavy (non-hydrogen) atoms. The highest BCUT2D eigenvalue weighted by atomic mass is 35.5. The highest BCUT2D eigenvalue weighted by Gasteiger charge is 2.07. The van der Waals surface area contributed by atoms with Gasteiger partial charge in [-0.3, -0.25) is 0 Å². The van der Waals surface area contributed by atoms with Gasteiger partial charge in [-0.25, -0.2) is 4.98 Å². The Labute approximate surface area is 143 Å². The number of benzene rings is 1. The number of nitrogens with one attached hydrogen (secondary N) is 1. The molecule has 0 amide bonds. The first-order valence-electron chi connectivity index (χ1n) is 7.02. The Morgan fingerprint density at radius 3 is 2.70 bits per heavy atom. The molecule has 0 atom stereocenters. The number of hydrogen-bond acceptors (Lipinski definition) is 5. The lowest BCUT2D eigenvalue weighted by Crippen LogP contribution is -2.07. The summed E-state index contributed by atoms with van der Waals surface area (Å²) in [5.74, 6) is 2.65. The number of rotatable bonds is 5. The van der Waals surface area contributed by atoms with Crippen LogP contribution in [0.3, 0.4) is 0 Å². The normalized spacial score (nSPS) is 10.7. The van der Waals surface area contributed by atoms with Crippen molar-refractivity contribution in [2.45, 2.75) is 19.9 Å². The van der Waals surface area contributed by atoms with Gasteiger partial charge < -0.3 is 9.73 Å². The van der Waals surface area contributed by atoms with E-state index in [2.05, 4.69) is 20.3 Å². The minimum atomic E-state index is 0.148. The number of furan rings is 1. The molecule has 2 aromatic heterocycles. The van der Waals surface area contributed by atoms with E-state index in [0.29, 0.717) is 29.8 Å². The third kappa shape index (κ3) is 4.43. The van der Waals surface area contributed by atoms with Crippen molar-refractivity contribution < 1.29 is 4.42 Å². The first-order valence-corrected chi connectivity index (χ1v) is 7.78. The van der Waals surface area contributed by atoms with E-state index in [1.807, 2.05) is 43.3 Å². The van der Waals surface area contributed by atoms with Crippen LogP contribution in [0.1, 0.15) is 22.9 Å². The molecule has 0 aliphatic rings. The molecule has 1 aromatic carbocycles. The van der Waals surface area contributed by atoms with Crippen molar-refractivity contribution in [2.75, 3.05) is 5.32 Å². The van der Waals surface area contributed by atoms with Crippen LogP contribution < -0.4 is 5.32 Å². The number of halogens is 2. The summed E-state index contributed by atoms with van der Waals surface area (Å²) in [4.78, 5) is 12.6. The molecule has 0 fully saturated rings. The van der Waals surface area contributed by atoms with Crippen molar-refractivity contribution in [3.05, 3.63) is 69.6 Å². The summed E-state index contributed by atoms with van der Waals surface area (Å²) in [6.07, 6.45) is 0.525. The van der Waals surface area contributed by atoms with Gasteiger partial charge in [-0.05, 0) is 48.4 Å². The van der Waals surface area contributed by atoms with E-state index < -0.39 is 0 Å². The Kier molecular flexibility index (Phi) is 4.79. The Bertz CT molecular complexity index is 819. The summed E-state index contributed by atoms with van der Waals surface area (Å²) in [6, 6.07) is 11.4. The van der Waals surface area contributed by atoms with E-state index in [4.69, 9.17) is 27.6 Å². The molecule has 3 rings (SSSR count). The summed E-state index contributed by atoms with van der Waals surface area (Å²) in [5.41, 5.74) is 1.01. The zero-order chi connectivity index (χ0) is 16.2. The minimum absolute atomic E-state index is 0.148. The zero-order valence-electron chi connectivity index (χ0n) is 12.4. The maximum absolute atomic E-state index is 5.99. The van der Waals surface area contributed by atoms with Crippen LogP contribution in [0, 0.1) is 6.92 Å². The SMILES string of the molecule is Cc1ccc(CNc2nc(Cl)nc(Cc3cccc(Cl)c3)n2)o1. The molecule has 5 nitrogen and oxygen atoms in total. The molecule has 3 aromatic rings. The number of aryl methyl sites for hydroxylation is 1. The van der Waals surface area contributed by atoms with Crippen LogP contribution in [0.2, 0.25) is 10.3 Å². The van der Waals surface area contributed by atoms with Crippen LogP contribution >= 0.6 is 23.2 Å². The van der Waals surface area contributed by atoms with Gasteiger partial charge in [-0.15, -0.1) is 0 Å². The minimum Gasteiger partial charge on any atom is -0.465 e. The first-order chi connectivity index (χ1) is 11.1. The van der Waals surface area contributed by atoms with Crippen molar-refractivity contribution in [1.82, 2.24) is 15.0 Å². The molecule has 0 radical (unpaired) electrons. The predicted molar refractivity (Wildman–Crippen MR) is 89.9 cm³/mol. The lowest BCUT2D eigenvalue weighted by Gasteiger charge is -2.06. The lowest BCUT2D eigenvalue weighted by atomic mass is 10.1.